The van der Waals surface area contributed by atoms with Gasteiger partial charge in [0.2, 0.25) is 5.89 Å². The van der Waals surface area contributed by atoms with Crippen molar-refractivity contribution in [1.29, 1.82) is 0 Å². The Morgan fingerprint density at radius 3 is 2.74 bits per heavy atom. The third-order valence-electron chi connectivity index (χ3n) is 6.38. The van der Waals surface area contributed by atoms with Crippen molar-refractivity contribution in [2.45, 2.75) is 31.8 Å². The molecule has 6 nitrogen and oxygen atoms in total. The summed E-state index contributed by atoms with van der Waals surface area (Å²) in [6.07, 6.45) is 3.17. The van der Waals surface area contributed by atoms with Gasteiger partial charge in [0, 0.05) is 17.4 Å². The highest BCUT2D eigenvalue weighted by Crippen LogP contribution is 2.33. The molecule has 1 aliphatic rings. The number of β-amino-alcohol motifs (C(OH)–C–C–N with tert-alkyl or cyclic N) is 1. The van der Waals surface area contributed by atoms with E-state index in [4.69, 9.17) is 32.4 Å². The number of aliphatic hydroxyl groups is 1. The fourth-order valence-electron chi connectivity index (χ4n) is 4.60. The van der Waals surface area contributed by atoms with Gasteiger partial charge in [0.05, 0.1) is 16.2 Å². The lowest BCUT2D eigenvalue weighted by molar-refractivity contribution is 0.0599. The van der Waals surface area contributed by atoms with Crippen LogP contribution in [-0.2, 0) is 0 Å². The van der Waals surface area contributed by atoms with Crippen molar-refractivity contribution in [3.8, 4) is 17.3 Å². The van der Waals surface area contributed by atoms with Crippen LogP contribution >= 0.6 is 23.2 Å². The number of benzene rings is 2. The molecule has 1 aliphatic heterocycles. The number of aryl methyl sites for hydroxylation is 1. The Labute approximate surface area is 208 Å². The number of piperidine rings is 1. The first kappa shape index (κ1) is 23.2. The van der Waals surface area contributed by atoms with Crippen LogP contribution < -0.4 is 4.74 Å². The average Bonchev–Trinajstić information content (AvgIpc) is 3.46. The van der Waals surface area contributed by atoms with Gasteiger partial charge < -0.3 is 24.1 Å². The molecule has 4 aromatic rings. The van der Waals surface area contributed by atoms with E-state index in [-0.39, 0.29) is 6.61 Å². The minimum absolute atomic E-state index is 0.227. The second kappa shape index (κ2) is 10.0. The summed E-state index contributed by atoms with van der Waals surface area (Å²) in [7, 11) is 0. The molecule has 0 spiro atoms. The Bertz CT molecular complexity index is 1280. The Kier molecular flexibility index (Phi) is 6.84. The number of halogens is 2. The van der Waals surface area contributed by atoms with Crippen molar-refractivity contribution in [3.63, 3.8) is 0 Å². The lowest BCUT2D eigenvalue weighted by atomic mass is 9.89. The SMILES string of the molecule is Cc1cnc(-c2cc3c(OC[C@@H](O)CN4CCC(c5ccc(Cl)c(Cl)c5)CC4)cccc3[nH]2)o1. The third-order valence-corrected chi connectivity index (χ3v) is 7.12. The van der Waals surface area contributed by atoms with Gasteiger partial charge in [0.1, 0.15) is 29.9 Å². The van der Waals surface area contributed by atoms with E-state index >= 15 is 0 Å². The summed E-state index contributed by atoms with van der Waals surface area (Å²) in [6, 6.07) is 13.7. The molecule has 1 saturated heterocycles. The molecule has 0 bridgehead atoms. The minimum atomic E-state index is -0.579. The number of hydrogen-bond donors (Lipinski definition) is 2. The van der Waals surface area contributed by atoms with E-state index in [1.54, 1.807) is 6.20 Å². The van der Waals surface area contributed by atoms with Gasteiger partial charge in [-0.25, -0.2) is 4.98 Å². The van der Waals surface area contributed by atoms with Crippen molar-refractivity contribution in [2.24, 2.45) is 0 Å². The first-order chi connectivity index (χ1) is 16.5. The molecule has 2 N–H and O–H groups in total. The maximum atomic E-state index is 10.6. The fourth-order valence-corrected chi connectivity index (χ4v) is 4.91. The number of oxazole rings is 1. The zero-order chi connectivity index (χ0) is 23.7. The molecule has 1 atom stereocenters. The zero-order valence-corrected chi connectivity index (χ0v) is 20.4. The number of rotatable bonds is 7. The molecule has 0 aliphatic carbocycles. The summed E-state index contributed by atoms with van der Waals surface area (Å²) in [5.74, 6) is 2.49. The van der Waals surface area contributed by atoms with E-state index in [0.29, 0.717) is 28.4 Å². The van der Waals surface area contributed by atoms with E-state index < -0.39 is 6.10 Å². The topological polar surface area (TPSA) is 74.5 Å². The number of nitrogens with one attached hydrogen (secondary N) is 1. The lowest BCUT2D eigenvalue weighted by Gasteiger charge is -2.33. The molecule has 2 aromatic carbocycles. The van der Waals surface area contributed by atoms with Crippen molar-refractivity contribution >= 4 is 34.1 Å². The highest BCUT2D eigenvalue weighted by molar-refractivity contribution is 6.42. The molecule has 0 unspecified atom stereocenters. The van der Waals surface area contributed by atoms with Crippen LogP contribution in [0, 0.1) is 6.92 Å². The normalized spacial score (nSPS) is 16.2. The Hall–Kier alpha value is -2.51. The molecular formula is C26H27Cl2N3O3. The standard InChI is InChI=1S/C26H27Cl2N3O3/c1-16-13-29-26(34-16)24-12-20-23(30-24)3-2-4-25(20)33-15-19(32)14-31-9-7-17(8-10-31)18-5-6-21(27)22(28)11-18/h2-6,11-13,17,19,30,32H,7-10,14-15H2,1H3/t19-/m0/s1. The van der Waals surface area contributed by atoms with Gasteiger partial charge in [-0.3, -0.25) is 0 Å². The maximum absolute atomic E-state index is 10.6. The van der Waals surface area contributed by atoms with Crippen molar-refractivity contribution < 1.29 is 14.3 Å². The highest BCUT2D eigenvalue weighted by atomic mass is 35.5. The Morgan fingerprint density at radius 2 is 2.00 bits per heavy atom. The summed E-state index contributed by atoms with van der Waals surface area (Å²) in [6.45, 7) is 4.52. The first-order valence-electron chi connectivity index (χ1n) is 11.5. The minimum Gasteiger partial charge on any atom is -0.490 e. The van der Waals surface area contributed by atoms with Crippen LogP contribution in [0.5, 0.6) is 5.75 Å². The molecule has 2 aromatic heterocycles. The number of nitrogens with zero attached hydrogens (tertiary/aromatic N) is 2. The largest absolute Gasteiger partial charge is 0.490 e. The number of aromatic nitrogens is 2. The van der Waals surface area contributed by atoms with E-state index in [0.717, 1.165) is 54.0 Å². The van der Waals surface area contributed by atoms with E-state index in [9.17, 15) is 5.11 Å². The van der Waals surface area contributed by atoms with Gasteiger partial charge in [-0.05, 0) is 74.7 Å². The summed E-state index contributed by atoms with van der Waals surface area (Å²) in [5, 5.41) is 12.8. The molecule has 5 rings (SSSR count). The van der Waals surface area contributed by atoms with Gasteiger partial charge in [-0.15, -0.1) is 0 Å². The number of ether oxygens (including phenoxy) is 1. The maximum Gasteiger partial charge on any atom is 0.243 e. The quantitative estimate of drug-likeness (QED) is 0.323. The number of hydrogen-bond acceptors (Lipinski definition) is 5. The van der Waals surface area contributed by atoms with Gasteiger partial charge in [-0.1, -0.05) is 35.3 Å². The number of aliphatic hydroxyl groups excluding tert-OH is 1. The molecule has 0 radical (unpaired) electrons. The van der Waals surface area contributed by atoms with Crippen LogP contribution in [0.4, 0.5) is 0 Å². The van der Waals surface area contributed by atoms with E-state index in [1.165, 1.54) is 5.56 Å². The van der Waals surface area contributed by atoms with Crippen LogP contribution in [0.3, 0.4) is 0 Å². The van der Waals surface area contributed by atoms with Gasteiger partial charge in [0.15, 0.2) is 0 Å². The second-order valence-electron chi connectivity index (χ2n) is 8.89. The molecule has 178 valence electrons. The monoisotopic (exact) mass is 499 g/mol. The predicted octanol–water partition coefficient (Wildman–Crippen LogP) is 6.06. The highest BCUT2D eigenvalue weighted by Gasteiger charge is 2.23. The molecule has 0 amide bonds. The van der Waals surface area contributed by atoms with Gasteiger partial charge >= 0.3 is 0 Å². The predicted molar refractivity (Wildman–Crippen MR) is 135 cm³/mol. The van der Waals surface area contributed by atoms with Crippen LogP contribution in [0.15, 0.2) is 53.1 Å². The third kappa shape index (κ3) is 5.10. The second-order valence-corrected chi connectivity index (χ2v) is 9.70. The average molecular weight is 500 g/mol. The van der Waals surface area contributed by atoms with Crippen molar-refractivity contribution in [3.05, 3.63) is 70.0 Å². The molecule has 8 heteroatoms. The molecule has 1 fully saturated rings. The Balaban J connectivity index is 1.16. The van der Waals surface area contributed by atoms with Crippen molar-refractivity contribution in [1.82, 2.24) is 14.9 Å². The first-order valence-corrected chi connectivity index (χ1v) is 12.2. The number of H-pyrrole nitrogens is 1. The molecule has 3 heterocycles. The number of aromatic amines is 1. The lowest BCUT2D eigenvalue weighted by Crippen LogP contribution is -2.40. The zero-order valence-electron chi connectivity index (χ0n) is 18.9. The summed E-state index contributed by atoms with van der Waals surface area (Å²) in [4.78, 5) is 9.90. The van der Waals surface area contributed by atoms with Gasteiger partial charge in [-0.2, -0.15) is 0 Å². The van der Waals surface area contributed by atoms with Crippen LogP contribution in [-0.4, -0.2) is 52.3 Å². The van der Waals surface area contributed by atoms with E-state index in [2.05, 4.69) is 20.9 Å². The number of fused-ring (bicyclic) bond motifs is 1. The molecule has 0 saturated carbocycles. The summed E-state index contributed by atoms with van der Waals surface area (Å²) >= 11 is 12.2. The number of likely N-dealkylation sites (tertiary alicyclic amines) is 1. The van der Waals surface area contributed by atoms with Gasteiger partial charge in [0.25, 0.3) is 0 Å². The summed E-state index contributed by atoms with van der Waals surface area (Å²) < 4.78 is 11.6. The Morgan fingerprint density at radius 1 is 1.18 bits per heavy atom. The molecular weight excluding hydrogens is 473 g/mol. The van der Waals surface area contributed by atoms with Crippen LogP contribution in [0.25, 0.3) is 22.5 Å². The fraction of sp³-hybridized carbons (Fsp3) is 0.346. The smallest absolute Gasteiger partial charge is 0.243 e. The van der Waals surface area contributed by atoms with Crippen LogP contribution in [0.2, 0.25) is 10.0 Å². The summed E-state index contributed by atoms with van der Waals surface area (Å²) in [5.41, 5.74) is 2.96. The molecule has 34 heavy (non-hydrogen) atoms. The van der Waals surface area contributed by atoms with Crippen molar-refractivity contribution in [2.75, 3.05) is 26.2 Å². The van der Waals surface area contributed by atoms with Crippen LogP contribution in [0.1, 0.15) is 30.1 Å². The van der Waals surface area contributed by atoms with E-state index in [1.807, 2.05) is 43.3 Å².